The van der Waals surface area contributed by atoms with Gasteiger partial charge >= 0.3 is 0 Å². The number of nitrogens with zero attached hydrogens (tertiary/aromatic N) is 4. The van der Waals surface area contributed by atoms with Crippen molar-refractivity contribution in [1.82, 2.24) is 19.5 Å². The molecule has 1 saturated heterocycles. The third-order valence-corrected chi connectivity index (χ3v) is 5.52. The molecule has 1 N–H and O–H groups in total. The minimum absolute atomic E-state index is 0.0512. The maximum Gasteiger partial charge on any atom is 0.230 e. The summed E-state index contributed by atoms with van der Waals surface area (Å²) < 4.78 is 1.49. The lowest BCUT2D eigenvalue weighted by Crippen LogP contribution is -2.26. The highest BCUT2D eigenvalue weighted by Crippen LogP contribution is 2.42. The van der Waals surface area contributed by atoms with Crippen LogP contribution in [0.15, 0.2) is 30.6 Å². The van der Waals surface area contributed by atoms with E-state index in [4.69, 9.17) is 11.6 Å². The van der Waals surface area contributed by atoms with Crippen molar-refractivity contribution in [3.05, 3.63) is 46.1 Å². The van der Waals surface area contributed by atoms with E-state index in [0.717, 1.165) is 28.6 Å². The van der Waals surface area contributed by atoms with Crippen molar-refractivity contribution in [3.8, 4) is 5.88 Å². The van der Waals surface area contributed by atoms with Crippen molar-refractivity contribution in [3.63, 3.8) is 0 Å². The monoisotopic (exact) mass is 334 g/mol. The van der Waals surface area contributed by atoms with E-state index in [-0.39, 0.29) is 11.9 Å². The minimum atomic E-state index is -0.0512. The molecule has 3 aromatic rings. The second-order valence-electron chi connectivity index (χ2n) is 5.41. The predicted octanol–water partition coefficient (Wildman–Crippen LogP) is 3.34. The molecule has 1 unspecified atom stereocenters. The number of rotatable bonds is 3. The Balaban J connectivity index is 1.88. The molecule has 1 aliphatic heterocycles. The molecule has 0 bridgehead atoms. The van der Waals surface area contributed by atoms with E-state index in [2.05, 4.69) is 15.0 Å². The smallest absolute Gasteiger partial charge is 0.230 e. The Kier molecular flexibility index (Phi) is 3.52. The first-order valence-corrected chi connectivity index (χ1v) is 8.45. The normalized spacial score (nSPS) is 17.3. The van der Waals surface area contributed by atoms with Gasteiger partial charge in [-0.15, -0.1) is 0 Å². The molecule has 0 radical (unpaired) electrons. The van der Waals surface area contributed by atoms with Gasteiger partial charge in [0.25, 0.3) is 0 Å². The van der Waals surface area contributed by atoms with Crippen molar-refractivity contribution in [2.24, 2.45) is 0 Å². The Bertz CT molecular complexity index is 809. The zero-order valence-electron chi connectivity index (χ0n) is 11.8. The van der Waals surface area contributed by atoms with Crippen LogP contribution in [0.2, 0.25) is 5.02 Å². The summed E-state index contributed by atoms with van der Waals surface area (Å²) in [4.78, 5) is 8.10. The highest BCUT2D eigenvalue weighted by atomic mass is 35.5. The van der Waals surface area contributed by atoms with Crippen LogP contribution in [0.5, 0.6) is 5.88 Å². The minimum Gasteiger partial charge on any atom is -0.492 e. The van der Waals surface area contributed by atoms with Crippen LogP contribution in [0.1, 0.15) is 29.3 Å². The Labute approximate surface area is 136 Å². The molecule has 1 fully saturated rings. The zero-order valence-corrected chi connectivity index (χ0v) is 13.4. The van der Waals surface area contributed by atoms with Crippen molar-refractivity contribution < 1.29 is 5.11 Å². The number of aromatic hydroxyl groups is 1. The second-order valence-corrected chi connectivity index (χ2v) is 6.83. The zero-order chi connectivity index (χ0) is 15.1. The molecule has 5 nitrogen and oxygen atoms in total. The van der Waals surface area contributed by atoms with Crippen molar-refractivity contribution in [2.45, 2.75) is 18.9 Å². The third kappa shape index (κ3) is 2.18. The number of fused-ring (bicyclic) bond motifs is 1. The number of thiazole rings is 1. The average Bonchev–Trinajstić information content (AvgIpc) is 3.23. The van der Waals surface area contributed by atoms with Crippen LogP contribution in [-0.2, 0) is 0 Å². The van der Waals surface area contributed by atoms with Gasteiger partial charge in [-0.3, -0.25) is 4.90 Å². The van der Waals surface area contributed by atoms with Gasteiger partial charge in [-0.25, -0.2) is 4.98 Å². The molecule has 2 aromatic heterocycles. The number of benzene rings is 1. The topological polar surface area (TPSA) is 53.7 Å². The summed E-state index contributed by atoms with van der Waals surface area (Å²) in [5, 5.41) is 15.4. The Morgan fingerprint density at radius 3 is 2.73 bits per heavy atom. The van der Waals surface area contributed by atoms with Crippen LogP contribution in [-0.4, -0.2) is 37.7 Å². The molecule has 3 heterocycles. The molecular weight excluding hydrogens is 320 g/mol. The fourth-order valence-corrected chi connectivity index (χ4v) is 4.39. The quantitative estimate of drug-likeness (QED) is 0.798. The number of likely N-dealkylation sites (tertiary alicyclic amines) is 1. The standard InChI is InChI=1S/C15H15ClN4OS/c16-11-6-2-1-5-10(11)12(19-7-3-4-8-19)13-14(21)20-15(22-13)17-9-18-20/h1-2,5-6,9,12,21H,3-4,7-8H2. The van der Waals surface area contributed by atoms with Crippen molar-refractivity contribution in [1.29, 1.82) is 0 Å². The van der Waals surface area contributed by atoms with Gasteiger partial charge in [-0.05, 0) is 37.6 Å². The van der Waals surface area contributed by atoms with Gasteiger partial charge in [0.15, 0.2) is 0 Å². The number of hydrogen-bond donors (Lipinski definition) is 1. The maximum atomic E-state index is 10.6. The van der Waals surface area contributed by atoms with E-state index in [0.29, 0.717) is 4.96 Å². The highest BCUT2D eigenvalue weighted by Gasteiger charge is 2.31. The van der Waals surface area contributed by atoms with Gasteiger partial charge in [-0.1, -0.05) is 41.1 Å². The largest absolute Gasteiger partial charge is 0.492 e. The number of aromatic nitrogens is 3. The van der Waals surface area contributed by atoms with Crippen molar-refractivity contribution >= 4 is 27.9 Å². The summed E-state index contributed by atoms with van der Waals surface area (Å²) in [6.07, 6.45) is 3.79. The molecule has 0 amide bonds. The predicted molar refractivity (Wildman–Crippen MR) is 86.6 cm³/mol. The molecule has 1 aliphatic rings. The Morgan fingerprint density at radius 2 is 2.00 bits per heavy atom. The van der Waals surface area contributed by atoms with Gasteiger partial charge in [0.05, 0.1) is 10.9 Å². The molecule has 0 aliphatic carbocycles. The molecule has 4 rings (SSSR count). The van der Waals surface area contributed by atoms with Gasteiger partial charge in [0, 0.05) is 5.02 Å². The molecule has 1 aromatic carbocycles. The average molecular weight is 335 g/mol. The van der Waals surface area contributed by atoms with E-state index in [9.17, 15) is 5.11 Å². The van der Waals surface area contributed by atoms with Gasteiger partial charge < -0.3 is 5.11 Å². The summed E-state index contributed by atoms with van der Waals surface area (Å²) in [7, 11) is 0. The second kappa shape index (κ2) is 5.53. The lowest BCUT2D eigenvalue weighted by molar-refractivity contribution is 0.277. The lowest BCUT2D eigenvalue weighted by atomic mass is 10.0. The van der Waals surface area contributed by atoms with E-state index in [1.54, 1.807) is 0 Å². The number of hydrogen-bond acceptors (Lipinski definition) is 5. The van der Waals surface area contributed by atoms with Crippen LogP contribution in [0.3, 0.4) is 0 Å². The molecule has 7 heteroatoms. The molecule has 114 valence electrons. The fourth-order valence-electron chi connectivity index (χ4n) is 3.07. The van der Waals surface area contributed by atoms with Crippen molar-refractivity contribution in [2.75, 3.05) is 13.1 Å². The SMILES string of the molecule is Oc1c(C(c2ccccc2Cl)N2CCCC2)sc2ncnn12. The Hall–Kier alpha value is -1.63. The van der Waals surface area contributed by atoms with Crippen LogP contribution >= 0.6 is 22.9 Å². The Morgan fingerprint density at radius 1 is 1.23 bits per heavy atom. The summed E-state index contributed by atoms with van der Waals surface area (Å²) in [5.41, 5.74) is 1.02. The van der Waals surface area contributed by atoms with Crippen LogP contribution in [0.4, 0.5) is 0 Å². The van der Waals surface area contributed by atoms with Crippen LogP contribution in [0.25, 0.3) is 4.96 Å². The van der Waals surface area contributed by atoms with E-state index in [1.165, 1.54) is 35.0 Å². The summed E-state index contributed by atoms with van der Waals surface area (Å²) in [6.45, 7) is 2.01. The van der Waals surface area contributed by atoms with Gasteiger partial charge in [-0.2, -0.15) is 9.61 Å². The highest BCUT2D eigenvalue weighted by molar-refractivity contribution is 7.17. The van der Waals surface area contributed by atoms with Crippen LogP contribution in [0, 0.1) is 0 Å². The van der Waals surface area contributed by atoms with E-state index >= 15 is 0 Å². The van der Waals surface area contributed by atoms with Gasteiger partial charge in [0.1, 0.15) is 6.33 Å². The maximum absolute atomic E-state index is 10.6. The van der Waals surface area contributed by atoms with Gasteiger partial charge in [0.2, 0.25) is 10.8 Å². The summed E-state index contributed by atoms with van der Waals surface area (Å²) in [6, 6.07) is 7.78. The number of halogens is 1. The molecule has 22 heavy (non-hydrogen) atoms. The molecule has 1 atom stereocenters. The van der Waals surface area contributed by atoms with E-state index < -0.39 is 0 Å². The summed E-state index contributed by atoms with van der Waals surface area (Å²) in [5.74, 6) is 0.161. The first-order chi connectivity index (χ1) is 10.8. The third-order valence-electron chi connectivity index (χ3n) is 4.09. The lowest BCUT2D eigenvalue weighted by Gasteiger charge is -2.27. The molecule has 0 spiro atoms. The van der Waals surface area contributed by atoms with Crippen LogP contribution < -0.4 is 0 Å². The summed E-state index contributed by atoms with van der Waals surface area (Å²) >= 11 is 7.90. The fraction of sp³-hybridized carbons (Fsp3) is 0.333. The van der Waals surface area contributed by atoms with E-state index in [1.807, 2.05) is 24.3 Å². The molecule has 0 saturated carbocycles. The molecular formula is C15H15ClN4OS. The first kappa shape index (κ1) is 14.0. The first-order valence-electron chi connectivity index (χ1n) is 7.25.